The van der Waals surface area contributed by atoms with Crippen LogP contribution in [0.2, 0.25) is 0 Å². The van der Waals surface area contributed by atoms with Gasteiger partial charge < -0.3 is 5.73 Å². The largest absolute Gasteiger partial charge is 0.312 e. The second-order valence-corrected chi connectivity index (χ2v) is 3.98. The fraction of sp³-hybridized carbons (Fsp3) is 0.167. The van der Waals surface area contributed by atoms with Gasteiger partial charge in [-0.1, -0.05) is 35.9 Å². The van der Waals surface area contributed by atoms with Crippen molar-refractivity contribution in [1.29, 1.82) is 0 Å². The molecule has 0 saturated carbocycles. The summed E-state index contributed by atoms with van der Waals surface area (Å²) in [6, 6.07) is 12.4. The van der Waals surface area contributed by atoms with E-state index in [9.17, 15) is 0 Å². The molecule has 0 spiro atoms. The van der Waals surface area contributed by atoms with E-state index in [-0.39, 0.29) is 0 Å². The predicted molar refractivity (Wildman–Crippen MR) is 61.5 cm³/mol. The fourth-order valence-electron chi connectivity index (χ4n) is 1.56. The average molecular weight is 206 g/mol. The molecule has 1 unspecified atom stereocenters. The van der Waals surface area contributed by atoms with Gasteiger partial charge in [-0.05, 0) is 29.3 Å². The smallest absolute Gasteiger partial charge is 0.106 e. The Morgan fingerprint density at radius 1 is 1.07 bits per heavy atom. The summed E-state index contributed by atoms with van der Waals surface area (Å²) in [5, 5.41) is 2.41. The van der Waals surface area contributed by atoms with Crippen LogP contribution >= 0.6 is 11.6 Å². The molecule has 2 aromatic rings. The van der Waals surface area contributed by atoms with Crippen molar-refractivity contribution in [3.8, 4) is 0 Å². The molecule has 0 amide bonds. The molecular weight excluding hydrogens is 194 g/mol. The van der Waals surface area contributed by atoms with Crippen LogP contribution in [-0.2, 0) is 0 Å². The molecule has 0 radical (unpaired) electrons. The van der Waals surface area contributed by atoms with Gasteiger partial charge in [0.25, 0.3) is 0 Å². The van der Waals surface area contributed by atoms with Gasteiger partial charge in [0.05, 0.1) is 0 Å². The zero-order chi connectivity index (χ0) is 10.1. The van der Waals surface area contributed by atoms with Gasteiger partial charge >= 0.3 is 0 Å². The van der Waals surface area contributed by atoms with Crippen LogP contribution in [0.15, 0.2) is 36.4 Å². The molecule has 14 heavy (non-hydrogen) atoms. The van der Waals surface area contributed by atoms with Gasteiger partial charge in [-0.2, -0.15) is 0 Å². The van der Waals surface area contributed by atoms with Crippen LogP contribution in [0.3, 0.4) is 0 Å². The minimum atomic E-state index is -0.416. The van der Waals surface area contributed by atoms with Gasteiger partial charge in [0.15, 0.2) is 0 Å². The van der Waals surface area contributed by atoms with E-state index in [2.05, 4.69) is 31.2 Å². The van der Waals surface area contributed by atoms with Gasteiger partial charge in [0, 0.05) is 0 Å². The molecule has 2 heteroatoms. The first kappa shape index (κ1) is 9.50. The van der Waals surface area contributed by atoms with Crippen molar-refractivity contribution in [3.05, 3.63) is 47.5 Å². The molecule has 0 heterocycles. The maximum Gasteiger partial charge on any atom is 0.106 e. The summed E-state index contributed by atoms with van der Waals surface area (Å²) in [6.07, 6.45) is 0. The summed E-state index contributed by atoms with van der Waals surface area (Å²) >= 11 is 5.81. The Kier molecular flexibility index (Phi) is 2.44. The van der Waals surface area contributed by atoms with Gasteiger partial charge in [0.1, 0.15) is 5.50 Å². The predicted octanol–water partition coefficient (Wildman–Crippen LogP) is 3.34. The maximum absolute atomic E-state index is 5.81. The Morgan fingerprint density at radius 3 is 2.43 bits per heavy atom. The highest BCUT2D eigenvalue weighted by molar-refractivity contribution is 6.20. The normalized spacial score (nSPS) is 13.1. The van der Waals surface area contributed by atoms with Gasteiger partial charge in [-0.15, -0.1) is 11.6 Å². The summed E-state index contributed by atoms with van der Waals surface area (Å²) in [7, 11) is 0. The lowest BCUT2D eigenvalue weighted by Gasteiger charge is -2.05. The van der Waals surface area contributed by atoms with Crippen molar-refractivity contribution in [3.63, 3.8) is 0 Å². The minimum absolute atomic E-state index is 0.416. The molecule has 0 bridgehead atoms. The Hall–Kier alpha value is -1.05. The van der Waals surface area contributed by atoms with Crippen LogP contribution in [-0.4, -0.2) is 0 Å². The molecule has 0 aliphatic carbocycles. The van der Waals surface area contributed by atoms with Crippen molar-refractivity contribution in [1.82, 2.24) is 0 Å². The first-order valence-corrected chi connectivity index (χ1v) is 5.00. The number of hydrogen-bond acceptors (Lipinski definition) is 1. The summed E-state index contributed by atoms with van der Waals surface area (Å²) in [6.45, 7) is 2.08. The van der Waals surface area contributed by atoms with Gasteiger partial charge in [-0.25, -0.2) is 0 Å². The van der Waals surface area contributed by atoms with E-state index in [0.29, 0.717) is 0 Å². The Morgan fingerprint density at radius 2 is 1.71 bits per heavy atom. The molecule has 0 aliphatic heterocycles. The monoisotopic (exact) mass is 205 g/mol. The molecular formula is C12H12ClN. The Bertz CT molecular complexity index is 463. The fourth-order valence-corrected chi connectivity index (χ4v) is 1.69. The van der Waals surface area contributed by atoms with E-state index < -0.39 is 5.50 Å². The topological polar surface area (TPSA) is 26.0 Å². The summed E-state index contributed by atoms with van der Waals surface area (Å²) in [5.41, 5.74) is 7.41. The zero-order valence-electron chi connectivity index (χ0n) is 8.00. The molecule has 2 aromatic carbocycles. The third-order valence-electron chi connectivity index (χ3n) is 2.34. The van der Waals surface area contributed by atoms with Crippen LogP contribution in [0.4, 0.5) is 0 Å². The highest BCUT2D eigenvalue weighted by Crippen LogP contribution is 2.21. The first-order chi connectivity index (χ1) is 6.66. The van der Waals surface area contributed by atoms with E-state index >= 15 is 0 Å². The lowest BCUT2D eigenvalue weighted by molar-refractivity contribution is 1.02. The summed E-state index contributed by atoms with van der Waals surface area (Å²) < 4.78 is 0. The van der Waals surface area contributed by atoms with E-state index in [1.54, 1.807) is 0 Å². The van der Waals surface area contributed by atoms with Crippen LogP contribution in [0.25, 0.3) is 10.8 Å². The van der Waals surface area contributed by atoms with Gasteiger partial charge in [-0.3, -0.25) is 0 Å². The number of aryl methyl sites for hydroxylation is 1. The molecule has 0 aliphatic rings. The lowest BCUT2D eigenvalue weighted by atomic mass is 10.0. The van der Waals surface area contributed by atoms with Crippen LogP contribution in [0, 0.1) is 6.92 Å². The van der Waals surface area contributed by atoms with E-state index in [1.165, 1.54) is 16.3 Å². The van der Waals surface area contributed by atoms with Crippen molar-refractivity contribution < 1.29 is 0 Å². The van der Waals surface area contributed by atoms with Crippen molar-refractivity contribution in [2.45, 2.75) is 12.4 Å². The molecule has 1 atom stereocenters. The Balaban J connectivity index is 2.62. The zero-order valence-corrected chi connectivity index (χ0v) is 8.75. The lowest BCUT2D eigenvalue weighted by Crippen LogP contribution is -2.01. The Labute approximate surface area is 88.5 Å². The highest BCUT2D eigenvalue weighted by atomic mass is 35.5. The summed E-state index contributed by atoms with van der Waals surface area (Å²) in [5.74, 6) is 0. The molecule has 1 nitrogen and oxygen atoms in total. The molecule has 0 fully saturated rings. The van der Waals surface area contributed by atoms with Crippen molar-refractivity contribution in [2.75, 3.05) is 0 Å². The van der Waals surface area contributed by atoms with Crippen LogP contribution < -0.4 is 5.73 Å². The molecule has 0 saturated heterocycles. The van der Waals surface area contributed by atoms with E-state index in [1.807, 2.05) is 12.1 Å². The molecule has 72 valence electrons. The third kappa shape index (κ3) is 1.74. The van der Waals surface area contributed by atoms with Crippen LogP contribution in [0.5, 0.6) is 0 Å². The highest BCUT2D eigenvalue weighted by Gasteiger charge is 2.02. The number of fused-ring (bicyclic) bond motifs is 1. The van der Waals surface area contributed by atoms with Crippen molar-refractivity contribution in [2.24, 2.45) is 5.73 Å². The number of halogens is 1. The molecule has 2 rings (SSSR count). The number of alkyl halides is 1. The van der Waals surface area contributed by atoms with Crippen molar-refractivity contribution >= 4 is 22.4 Å². The molecule has 2 N–H and O–H groups in total. The van der Waals surface area contributed by atoms with E-state index in [4.69, 9.17) is 17.3 Å². The number of rotatable bonds is 1. The summed E-state index contributed by atoms with van der Waals surface area (Å²) in [4.78, 5) is 0. The number of hydrogen-bond donors (Lipinski definition) is 1. The molecule has 0 aromatic heterocycles. The van der Waals surface area contributed by atoms with E-state index in [0.717, 1.165) is 5.56 Å². The average Bonchev–Trinajstić information content (AvgIpc) is 2.16. The second-order valence-electron chi connectivity index (χ2n) is 3.51. The van der Waals surface area contributed by atoms with Crippen LogP contribution in [0.1, 0.15) is 16.6 Å². The van der Waals surface area contributed by atoms with Gasteiger partial charge in [0.2, 0.25) is 0 Å². The first-order valence-electron chi connectivity index (χ1n) is 4.57. The number of benzene rings is 2. The third-order valence-corrected chi connectivity index (χ3v) is 2.59. The number of nitrogens with two attached hydrogens (primary N) is 1. The quantitative estimate of drug-likeness (QED) is 0.561. The maximum atomic E-state index is 5.81. The SMILES string of the molecule is Cc1ccc2cc(C(N)Cl)ccc2c1. The minimum Gasteiger partial charge on any atom is -0.312 e. The standard InChI is InChI=1S/C12H12ClN/c1-8-2-3-10-7-11(12(13)14)5-4-9(10)6-8/h2-7,12H,14H2,1H3. The second kappa shape index (κ2) is 3.60.